The fourth-order valence-corrected chi connectivity index (χ4v) is 2.68. The Kier molecular flexibility index (Phi) is 4.04. The number of benzene rings is 1. The second kappa shape index (κ2) is 5.98. The van der Waals surface area contributed by atoms with Gasteiger partial charge in [-0.2, -0.15) is 5.10 Å². The predicted molar refractivity (Wildman–Crippen MR) is 84.4 cm³/mol. The van der Waals surface area contributed by atoms with Crippen LogP contribution >= 0.6 is 11.6 Å². The van der Waals surface area contributed by atoms with Crippen LogP contribution < -0.4 is 10.6 Å². The molecule has 0 bridgehead atoms. The molecule has 0 aliphatic heterocycles. The highest BCUT2D eigenvalue weighted by atomic mass is 35.5. The Hall–Kier alpha value is -2.05. The molecule has 7 heteroatoms. The maximum atomic E-state index is 12.0. The molecule has 1 aromatic carbocycles. The van der Waals surface area contributed by atoms with Gasteiger partial charge in [-0.1, -0.05) is 17.7 Å². The van der Waals surface area contributed by atoms with Gasteiger partial charge >= 0.3 is 6.03 Å². The predicted octanol–water partition coefficient (Wildman–Crippen LogP) is 2.56. The van der Waals surface area contributed by atoms with Crippen molar-refractivity contribution < 1.29 is 9.90 Å². The molecular weight excluding hydrogens is 304 g/mol. The van der Waals surface area contributed by atoms with Crippen LogP contribution in [0.4, 0.5) is 10.5 Å². The summed E-state index contributed by atoms with van der Waals surface area (Å²) in [5.74, 6) is 0. The number of halogens is 1. The molecule has 1 aliphatic rings. The Balaban J connectivity index is 1.72. The van der Waals surface area contributed by atoms with Gasteiger partial charge in [-0.15, -0.1) is 0 Å². The van der Waals surface area contributed by atoms with E-state index in [1.807, 2.05) is 0 Å². The minimum atomic E-state index is -0.753. The smallest absolute Gasteiger partial charge is 0.319 e. The SMILES string of the molecule is O=C(NCC1(O)CCC1)Nc1cccc(Cl)c1-n1cccn1. The van der Waals surface area contributed by atoms with E-state index in [4.69, 9.17) is 11.6 Å². The van der Waals surface area contributed by atoms with Crippen LogP contribution in [0.1, 0.15) is 19.3 Å². The summed E-state index contributed by atoms with van der Waals surface area (Å²) >= 11 is 6.21. The van der Waals surface area contributed by atoms with Crippen LogP contribution in [-0.2, 0) is 0 Å². The molecule has 1 fully saturated rings. The number of carbonyl (C=O) groups excluding carboxylic acids is 1. The van der Waals surface area contributed by atoms with Gasteiger partial charge in [-0.05, 0) is 37.5 Å². The Morgan fingerprint density at radius 2 is 2.23 bits per heavy atom. The van der Waals surface area contributed by atoms with Gasteiger partial charge in [0.25, 0.3) is 0 Å². The number of hydrogen-bond donors (Lipinski definition) is 3. The maximum absolute atomic E-state index is 12.0. The van der Waals surface area contributed by atoms with Gasteiger partial charge in [0.2, 0.25) is 0 Å². The number of anilines is 1. The van der Waals surface area contributed by atoms with Gasteiger partial charge in [0.05, 0.1) is 16.3 Å². The second-order valence-corrected chi connectivity index (χ2v) is 5.88. The van der Waals surface area contributed by atoms with Gasteiger partial charge in [-0.25, -0.2) is 9.48 Å². The Morgan fingerprint density at radius 3 is 2.86 bits per heavy atom. The number of hydrogen-bond acceptors (Lipinski definition) is 3. The molecule has 3 N–H and O–H groups in total. The zero-order valence-corrected chi connectivity index (χ0v) is 12.7. The van der Waals surface area contributed by atoms with Crippen LogP contribution in [0, 0.1) is 0 Å². The first kappa shape index (κ1) is 14.9. The summed E-state index contributed by atoms with van der Waals surface area (Å²) in [6.07, 6.45) is 5.84. The van der Waals surface area contributed by atoms with Crippen LogP contribution in [0.15, 0.2) is 36.7 Å². The molecule has 1 heterocycles. The zero-order valence-electron chi connectivity index (χ0n) is 11.9. The van der Waals surface area contributed by atoms with E-state index in [0.29, 0.717) is 16.4 Å². The number of urea groups is 1. The molecule has 116 valence electrons. The van der Waals surface area contributed by atoms with E-state index in [9.17, 15) is 9.90 Å². The molecule has 0 atom stereocenters. The molecule has 1 saturated carbocycles. The zero-order chi connectivity index (χ0) is 15.6. The number of carbonyl (C=O) groups is 1. The molecule has 0 spiro atoms. The van der Waals surface area contributed by atoms with Crippen LogP contribution in [0.25, 0.3) is 5.69 Å². The van der Waals surface area contributed by atoms with Gasteiger partial charge in [0.15, 0.2) is 0 Å². The van der Waals surface area contributed by atoms with E-state index in [2.05, 4.69) is 15.7 Å². The number of aromatic nitrogens is 2. The molecule has 0 radical (unpaired) electrons. The average molecular weight is 321 g/mol. The van der Waals surface area contributed by atoms with Crippen molar-refractivity contribution in [2.75, 3.05) is 11.9 Å². The lowest BCUT2D eigenvalue weighted by Gasteiger charge is -2.36. The van der Waals surface area contributed by atoms with Crippen molar-refractivity contribution >= 4 is 23.3 Å². The highest BCUT2D eigenvalue weighted by molar-refractivity contribution is 6.33. The summed E-state index contributed by atoms with van der Waals surface area (Å²) in [6.45, 7) is 0.247. The lowest BCUT2D eigenvalue weighted by molar-refractivity contribution is -0.0287. The summed E-state index contributed by atoms with van der Waals surface area (Å²) in [5.41, 5.74) is 0.400. The Bertz CT molecular complexity index is 668. The van der Waals surface area contributed by atoms with E-state index in [0.717, 1.165) is 19.3 Å². The fourth-order valence-electron chi connectivity index (χ4n) is 2.42. The van der Waals surface area contributed by atoms with Gasteiger partial charge < -0.3 is 15.7 Å². The number of rotatable bonds is 4. The maximum Gasteiger partial charge on any atom is 0.319 e. The molecule has 1 aromatic heterocycles. The number of nitrogens with one attached hydrogen (secondary N) is 2. The van der Waals surface area contributed by atoms with Crippen LogP contribution in [0.5, 0.6) is 0 Å². The lowest BCUT2D eigenvalue weighted by Crippen LogP contribution is -2.48. The number of amides is 2. The lowest BCUT2D eigenvalue weighted by atomic mass is 9.80. The standard InChI is InChI=1S/C15H17ClN4O2/c16-11-4-1-5-12(13(11)20-9-3-8-18-20)19-14(21)17-10-15(22)6-2-7-15/h1,3-5,8-9,22H,2,6-7,10H2,(H2,17,19,21). The summed E-state index contributed by atoms with van der Waals surface area (Å²) < 4.78 is 1.59. The van der Waals surface area contributed by atoms with Crippen LogP contribution in [0.3, 0.4) is 0 Å². The monoisotopic (exact) mass is 320 g/mol. The summed E-state index contributed by atoms with van der Waals surface area (Å²) in [6, 6.07) is 6.64. The number of nitrogens with zero attached hydrogens (tertiary/aromatic N) is 2. The van der Waals surface area contributed by atoms with E-state index < -0.39 is 5.60 Å². The Labute approximate surface area is 133 Å². The minimum Gasteiger partial charge on any atom is -0.388 e. The van der Waals surface area contributed by atoms with Crippen LogP contribution in [0.2, 0.25) is 5.02 Å². The third-order valence-corrected chi connectivity index (χ3v) is 4.14. The molecular formula is C15H17ClN4O2. The van der Waals surface area contributed by atoms with Crippen molar-refractivity contribution in [3.63, 3.8) is 0 Å². The van der Waals surface area contributed by atoms with Crippen molar-refractivity contribution in [1.29, 1.82) is 0 Å². The van der Waals surface area contributed by atoms with Gasteiger partial charge in [-0.3, -0.25) is 0 Å². The molecule has 2 amide bonds. The van der Waals surface area contributed by atoms with E-state index in [1.165, 1.54) is 0 Å². The second-order valence-electron chi connectivity index (χ2n) is 5.47. The first-order chi connectivity index (χ1) is 10.6. The summed E-state index contributed by atoms with van der Waals surface area (Å²) in [5, 5.41) is 20.1. The Morgan fingerprint density at radius 1 is 1.41 bits per heavy atom. The van der Waals surface area contributed by atoms with Crippen LogP contribution in [-0.4, -0.2) is 33.1 Å². The van der Waals surface area contributed by atoms with Crippen molar-refractivity contribution in [3.8, 4) is 5.69 Å². The largest absolute Gasteiger partial charge is 0.388 e. The summed E-state index contributed by atoms with van der Waals surface area (Å²) in [4.78, 5) is 12.0. The van der Waals surface area contributed by atoms with Gasteiger partial charge in [0, 0.05) is 18.9 Å². The van der Waals surface area contributed by atoms with Crippen molar-refractivity contribution in [3.05, 3.63) is 41.7 Å². The molecule has 3 rings (SSSR count). The first-order valence-electron chi connectivity index (χ1n) is 7.13. The van der Waals surface area contributed by atoms with Crippen molar-refractivity contribution in [2.24, 2.45) is 0 Å². The minimum absolute atomic E-state index is 0.247. The first-order valence-corrected chi connectivity index (χ1v) is 7.51. The third kappa shape index (κ3) is 3.08. The molecule has 2 aromatic rings. The number of para-hydroxylation sites is 1. The van der Waals surface area contributed by atoms with Crippen molar-refractivity contribution in [2.45, 2.75) is 24.9 Å². The van der Waals surface area contributed by atoms with Gasteiger partial charge in [0.1, 0.15) is 5.69 Å². The summed E-state index contributed by atoms with van der Waals surface area (Å²) in [7, 11) is 0. The fraction of sp³-hybridized carbons (Fsp3) is 0.333. The number of aliphatic hydroxyl groups is 1. The molecule has 0 unspecified atom stereocenters. The third-order valence-electron chi connectivity index (χ3n) is 3.83. The highest BCUT2D eigenvalue weighted by Gasteiger charge is 2.34. The highest BCUT2D eigenvalue weighted by Crippen LogP contribution is 2.31. The van der Waals surface area contributed by atoms with Crippen molar-refractivity contribution in [1.82, 2.24) is 15.1 Å². The quantitative estimate of drug-likeness (QED) is 0.810. The topological polar surface area (TPSA) is 79.2 Å². The molecule has 6 nitrogen and oxygen atoms in total. The normalized spacial score (nSPS) is 15.9. The van der Waals surface area contributed by atoms with E-state index >= 15 is 0 Å². The average Bonchev–Trinajstić information content (AvgIpc) is 2.97. The van der Waals surface area contributed by atoms with E-state index in [1.54, 1.807) is 41.3 Å². The molecule has 1 aliphatic carbocycles. The molecule has 0 saturated heterocycles. The van der Waals surface area contributed by atoms with E-state index in [-0.39, 0.29) is 12.6 Å². The molecule has 22 heavy (non-hydrogen) atoms.